The molecule has 4 heteroatoms. The summed E-state index contributed by atoms with van der Waals surface area (Å²) in [6.07, 6.45) is 1.19. The number of allylic oxidation sites excluding steroid dienone is 1. The first kappa shape index (κ1) is 13.4. The van der Waals surface area contributed by atoms with Crippen molar-refractivity contribution >= 4 is 23.5 Å². The minimum Gasteiger partial charge on any atom is -0.174 e. The van der Waals surface area contributed by atoms with Gasteiger partial charge in [-0.15, -0.1) is 23.5 Å². The summed E-state index contributed by atoms with van der Waals surface area (Å²) >= 11 is 3.69. The van der Waals surface area contributed by atoms with E-state index >= 15 is 0 Å². The van der Waals surface area contributed by atoms with Gasteiger partial charge in [0, 0.05) is 0 Å². The van der Waals surface area contributed by atoms with Gasteiger partial charge in [-0.3, -0.25) is 0 Å². The molecule has 1 fully saturated rings. The Balaban J connectivity index is 2.81. The summed E-state index contributed by atoms with van der Waals surface area (Å²) in [5.74, 6) is 2.18. The molecule has 0 saturated carbocycles. The zero-order valence-electron chi connectivity index (χ0n) is 9.48. The molecule has 1 heterocycles. The van der Waals surface area contributed by atoms with Crippen LogP contribution in [0.2, 0.25) is 0 Å². The first-order valence-electron chi connectivity index (χ1n) is 5.16. The van der Waals surface area contributed by atoms with Crippen molar-refractivity contribution in [3.8, 4) is 0 Å². The third-order valence-corrected chi connectivity index (χ3v) is 6.81. The summed E-state index contributed by atoms with van der Waals surface area (Å²) in [6.45, 7) is 6.42. The van der Waals surface area contributed by atoms with Crippen LogP contribution >= 0.6 is 23.5 Å². The number of rotatable bonds is 2. The first-order chi connectivity index (χ1) is 6.87. The lowest BCUT2D eigenvalue weighted by Crippen LogP contribution is -2.38. The SMILES string of the molecule is CC(C)(C)C1(CC=C(F)F)SCCCS1. The van der Waals surface area contributed by atoms with Crippen molar-refractivity contribution in [3.63, 3.8) is 0 Å². The minimum absolute atomic E-state index is 0.0503. The third-order valence-electron chi connectivity index (χ3n) is 2.63. The van der Waals surface area contributed by atoms with E-state index in [4.69, 9.17) is 0 Å². The van der Waals surface area contributed by atoms with Gasteiger partial charge in [-0.25, -0.2) is 0 Å². The molecule has 0 radical (unpaired) electrons. The largest absolute Gasteiger partial charge is 0.266 e. The Morgan fingerprint density at radius 2 is 1.80 bits per heavy atom. The van der Waals surface area contributed by atoms with Gasteiger partial charge < -0.3 is 0 Å². The van der Waals surface area contributed by atoms with E-state index in [1.54, 1.807) is 0 Å². The van der Waals surface area contributed by atoms with E-state index in [1.807, 2.05) is 23.5 Å². The van der Waals surface area contributed by atoms with Gasteiger partial charge >= 0.3 is 0 Å². The molecule has 88 valence electrons. The van der Waals surface area contributed by atoms with Crippen molar-refractivity contribution in [1.29, 1.82) is 0 Å². The Morgan fingerprint density at radius 1 is 1.27 bits per heavy atom. The van der Waals surface area contributed by atoms with E-state index < -0.39 is 6.08 Å². The number of halogens is 2. The monoisotopic (exact) mass is 252 g/mol. The molecular formula is C11H18F2S2. The van der Waals surface area contributed by atoms with Gasteiger partial charge in [0.05, 0.1) is 4.08 Å². The van der Waals surface area contributed by atoms with E-state index in [-0.39, 0.29) is 9.49 Å². The van der Waals surface area contributed by atoms with Gasteiger partial charge in [-0.1, -0.05) is 20.8 Å². The van der Waals surface area contributed by atoms with E-state index in [2.05, 4.69) is 20.8 Å². The molecule has 0 amide bonds. The average molecular weight is 252 g/mol. The van der Waals surface area contributed by atoms with Crippen molar-refractivity contribution in [3.05, 3.63) is 12.2 Å². The summed E-state index contributed by atoms with van der Waals surface area (Å²) in [6, 6.07) is 0. The second-order valence-electron chi connectivity index (χ2n) is 4.75. The van der Waals surface area contributed by atoms with Crippen LogP contribution in [0.3, 0.4) is 0 Å². The highest BCUT2D eigenvalue weighted by atomic mass is 32.2. The molecular weight excluding hydrogens is 234 g/mol. The highest BCUT2D eigenvalue weighted by Crippen LogP contribution is 2.55. The Hall–Kier alpha value is 0.300. The molecule has 1 aliphatic rings. The van der Waals surface area contributed by atoms with E-state index in [9.17, 15) is 8.78 Å². The molecule has 15 heavy (non-hydrogen) atoms. The molecule has 0 aliphatic carbocycles. The zero-order chi connectivity index (χ0) is 11.5. The highest BCUT2D eigenvalue weighted by molar-refractivity contribution is 8.18. The maximum atomic E-state index is 12.2. The van der Waals surface area contributed by atoms with E-state index in [0.717, 1.165) is 17.6 Å². The smallest absolute Gasteiger partial charge is 0.174 e. The molecule has 0 aromatic heterocycles. The quantitative estimate of drug-likeness (QED) is 0.694. The Kier molecular flexibility index (Phi) is 4.53. The molecule has 0 bridgehead atoms. The van der Waals surface area contributed by atoms with Crippen LogP contribution in [0.5, 0.6) is 0 Å². The van der Waals surface area contributed by atoms with Crippen LogP contribution in [0.4, 0.5) is 8.78 Å². The summed E-state index contributed by atoms with van der Waals surface area (Å²) in [4.78, 5) is 0. The molecule has 0 nitrogen and oxygen atoms in total. The zero-order valence-corrected chi connectivity index (χ0v) is 11.1. The van der Waals surface area contributed by atoms with Gasteiger partial charge in [0.15, 0.2) is 0 Å². The van der Waals surface area contributed by atoms with Crippen LogP contribution in [0.1, 0.15) is 33.6 Å². The molecule has 0 N–H and O–H groups in total. The molecule has 0 spiro atoms. The second kappa shape index (κ2) is 5.09. The second-order valence-corrected chi connectivity index (χ2v) is 7.80. The number of hydrogen-bond acceptors (Lipinski definition) is 2. The first-order valence-corrected chi connectivity index (χ1v) is 7.14. The van der Waals surface area contributed by atoms with Gasteiger partial charge in [-0.2, -0.15) is 8.78 Å². The lowest BCUT2D eigenvalue weighted by Gasteiger charge is -2.45. The maximum absolute atomic E-state index is 12.2. The van der Waals surface area contributed by atoms with Gasteiger partial charge in [0.25, 0.3) is 6.08 Å². The van der Waals surface area contributed by atoms with Crippen molar-refractivity contribution in [2.24, 2.45) is 5.41 Å². The summed E-state index contributed by atoms with van der Waals surface area (Å²) in [7, 11) is 0. The molecule has 1 aliphatic heterocycles. The topological polar surface area (TPSA) is 0 Å². The van der Waals surface area contributed by atoms with Crippen LogP contribution in [-0.4, -0.2) is 15.6 Å². The van der Waals surface area contributed by atoms with Gasteiger partial charge in [0.1, 0.15) is 0 Å². The lowest BCUT2D eigenvalue weighted by molar-refractivity contribution is 0.358. The fourth-order valence-corrected chi connectivity index (χ4v) is 5.16. The highest BCUT2D eigenvalue weighted by Gasteiger charge is 2.43. The molecule has 1 saturated heterocycles. The number of hydrogen-bond donors (Lipinski definition) is 0. The van der Waals surface area contributed by atoms with Crippen LogP contribution in [0.25, 0.3) is 0 Å². The normalized spacial score (nSPS) is 21.1. The van der Waals surface area contributed by atoms with Gasteiger partial charge in [-0.05, 0) is 35.8 Å². The summed E-state index contributed by atoms with van der Waals surface area (Å²) in [5, 5.41) is 0. The third kappa shape index (κ3) is 3.38. The number of thioether (sulfide) groups is 2. The Labute approximate surface area is 99.3 Å². The predicted octanol–water partition coefficient (Wildman–Crippen LogP) is 4.77. The minimum atomic E-state index is -1.55. The Morgan fingerprint density at radius 3 is 2.20 bits per heavy atom. The van der Waals surface area contributed by atoms with Crippen LogP contribution < -0.4 is 0 Å². The molecule has 0 aromatic rings. The maximum Gasteiger partial charge on any atom is 0.266 e. The van der Waals surface area contributed by atoms with Crippen LogP contribution in [0.15, 0.2) is 12.2 Å². The fourth-order valence-electron chi connectivity index (χ4n) is 1.64. The standard InChI is InChI=1S/C11H18F2S2/c1-10(2,3)11(6-5-9(12)13)14-7-4-8-15-11/h5H,4,6-8H2,1-3H3. The summed E-state index contributed by atoms with van der Waals surface area (Å²) in [5.41, 5.74) is 0.0503. The van der Waals surface area contributed by atoms with Crippen LogP contribution in [-0.2, 0) is 0 Å². The predicted molar refractivity (Wildman–Crippen MR) is 66.6 cm³/mol. The van der Waals surface area contributed by atoms with Crippen molar-refractivity contribution in [2.75, 3.05) is 11.5 Å². The van der Waals surface area contributed by atoms with Crippen molar-refractivity contribution < 1.29 is 8.78 Å². The van der Waals surface area contributed by atoms with Gasteiger partial charge in [0.2, 0.25) is 0 Å². The molecule has 0 atom stereocenters. The lowest BCUT2D eigenvalue weighted by atomic mass is 9.89. The molecule has 0 unspecified atom stereocenters. The molecule has 1 rings (SSSR count). The van der Waals surface area contributed by atoms with E-state index in [1.165, 1.54) is 6.42 Å². The molecule has 0 aromatic carbocycles. The average Bonchev–Trinajstić information content (AvgIpc) is 2.14. The van der Waals surface area contributed by atoms with Crippen molar-refractivity contribution in [2.45, 2.75) is 37.7 Å². The van der Waals surface area contributed by atoms with E-state index in [0.29, 0.717) is 6.42 Å². The van der Waals surface area contributed by atoms with Crippen molar-refractivity contribution in [1.82, 2.24) is 0 Å². The summed E-state index contributed by atoms with van der Waals surface area (Å²) < 4.78 is 24.3. The Bertz CT molecular complexity index is 233. The van der Waals surface area contributed by atoms with Crippen LogP contribution in [0, 0.1) is 5.41 Å². The fraction of sp³-hybridized carbons (Fsp3) is 0.818.